The van der Waals surface area contributed by atoms with Crippen LogP contribution in [0.25, 0.3) is 0 Å². The summed E-state index contributed by atoms with van der Waals surface area (Å²) >= 11 is 6.86. The first-order chi connectivity index (χ1) is 10.1. The molecule has 0 saturated carbocycles. The zero-order chi connectivity index (χ0) is 15.4. The molecule has 0 amide bonds. The lowest BCUT2D eigenvalue weighted by molar-refractivity contribution is 0.409. The summed E-state index contributed by atoms with van der Waals surface area (Å²) in [4.78, 5) is 0. The summed E-state index contributed by atoms with van der Waals surface area (Å²) in [6.07, 6.45) is 0. The third-order valence-corrected chi connectivity index (χ3v) is 4.05. The largest absolute Gasteiger partial charge is 0.494 e. The van der Waals surface area contributed by atoms with Gasteiger partial charge in [0, 0.05) is 6.54 Å². The maximum Gasteiger partial charge on any atom is 0.147 e. The highest BCUT2D eigenvalue weighted by atomic mass is 79.9. The zero-order valence-electron chi connectivity index (χ0n) is 11.1. The summed E-state index contributed by atoms with van der Waals surface area (Å²) in [5, 5.41) is 12.1. The minimum atomic E-state index is -0.528. The molecule has 0 atom stereocenters. The van der Waals surface area contributed by atoms with Gasteiger partial charge < -0.3 is 10.1 Å². The summed E-state index contributed by atoms with van der Waals surface area (Å²) in [6, 6.07) is 10.2. The smallest absolute Gasteiger partial charge is 0.147 e. The molecule has 0 aromatic heterocycles. The average molecular weight is 414 g/mol. The Morgan fingerprint density at radius 3 is 2.52 bits per heavy atom. The van der Waals surface area contributed by atoms with E-state index in [2.05, 4.69) is 37.2 Å². The van der Waals surface area contributed by atoms with E-state index in [4.69, 9.17) is 10.00 Å². The van der Waals surface area contributed by atoms with E-state index in [1.165, 1.54) is 6.07 Å². The molecular formula is C15H11Br2FN2O. The molecule has 2 aromatic rings. The number of hydrogen-bond acceptors (Lipinski definition) is 3. The van der Waals surface area contributed by atoms with E-state index in [9.17, 15) is 4.39 Å². The van der Waals surface area contributed by atoms with Crippen LogP contribution in [-0.2, 0) is 6.54 Å². The van der Waals surface area contributed by atoms with Crippen molar-refractivity contribution in [1.82, 2.24) is 0 Å². The van der Waals surface area contributed by atoms with Crippen LogP contribution in [0.4, 0.5) is 10.1 Å². The minimum Gasteiger partial charge on any atom is -0.494 e. The fraction of sp³-hybridized carbons (Fsp3) is 0.133. The maximum atomic E-state index is 13.5. The Bertz CT molecular complexity index is 690. The Balaban J connectivity index is 2.22. The molecule has 0 bridgehead atoms. The lowest BCUT2D eigenvalue weighted by atomic mass is 10.1. The summed E-state index contributed by atoms with van der Waals surface area (Å²) in [6.45, 7) is 0.458. The quantitative estimate of drug-likeness (QED) is 0.779. The van der Waals surface area contributed by atoms with Crippen LogP contribution in [0.5, 0.6) is 5.75 Å². The van der Waals surface area contributed by atoms with Gasteiger partial charge in [0.2, 0.25) is 0 Å². The topological polar surface area (TPSA) is 45.0 Å². The van der Waals surface area contributed by atoms with Crippen LogP contribution in [-0.4, -0.2) is 7.11 Å². The van der Waals surface area contributed by atoms with Crippen molar-refractivity contribution in [2.75, 3.05) is 12.4 Å². The molecular weight excluding hydrogens is 403 g/mol. The molecule has 21 heavy (non-hydrogen) atoms. The van der Waals surface area contributed by atoms with Gasteiger partial charge in [0.1, 0.15) is 23.2 Å². The highest BCUT2D eigenvalue weighted by molar-refractivity contribution is 9.11. The van der Waals surface area contributed by atoms with Gasteiger partial charge in [-0.3, -0.25) is 0 Å². The van der Waals surface area contributed by atoms with Crippen LogP contribution in [0.3, 0.4) is 0 Å². The maximum absolute atomic E-state index is 13.5. The Hall–Kier alpha value is -1.58. The van der Waals surface area contributed by atoms with Crippen LogP contribution in [0.1, 0.15) is 11.1 Å². The van der Waals surface area contributed by atoms with Gasteiger partial charge in [0.15, 0.2) is 0 Å². The minimum absolute atomic E-state index is 0.0177. The predicted octanol–water partition coefficient (Wildman–Crippen LogP) is 4.84. The normalized spacial score (nSPS) is 10.0. The van der Waals surface area contributed by atoms with Gasteiger partial charge in [-0.1, -0.05) is 6.07 Å². The molecule has 108 valence electrons. The lowest BCUT2D eigenvalue weighted by Crippen LogP contribution is -2.03. The molecule has 0 radical (unpaired) electrons. The van der Waals surface area contributed by atoms with Crippen molar-refractivity contribution in [2.24, 2.45) is 0 Å². The fourth-order valence-corrected chi connectivity index (χ4v) is 3.50. The van der Waals surface area contributed by atoms with Gasteiger partial charge in [-0.15, -0.1) is 0 Å². The predicted molar refractivity (Wildman–Crippen MR) is 86.8 cm³/mol. The highest BCUT2D eigenvalue weighted by Crippen LogP contribution is 2.34. The number of nitrogens with zero attached hydrogens (tertiary/aromatic N) is 1. The number of anilines is 1. The van der Waals surface area contributed by atoms with E-state index in [0.717, 1.165) is 14.5 Å². The molecule has 0 heterocycles. The summed E-state index contributed by atoms with van der Waals surface area (Å²) in [5.41, 5.74) is 1.45. The van der Waals surface area contributed by atoms with Crippen LogP contribution < -0.4 is 10.1 Å². The monoisotopic (exact) mass is 412 g/mol. The van der Waals surface area contributed by atoms with Gasteiger partial charge in [-0.2, -0.15) is 5.26 Å². The number of nitrogens with one attached hydrogen (secondary N) is 1. The molecule has 0 aliphatic heterocycles. The molecule has 0 aliphatic carbocycles. The number of hydrogen-bond donors (Lipinski definition) is 1. The van der Waals surface area contributed by atoms with Gasteiger partial charge >= 0.3 is 0 Å². The number of benzene rings is 2. The molecule has 0 saturated heterocycles. The second-order valence-corrected chi connectivity index (χ2v) is 5.93. The average Bonchev–Trinajstić information content (AvgIpc) is 2.45. The van der Waals surface area contributed by atoms with Crippen LogP contribution in [0.2, 0.25) is 0 Å². The zero-order valence-corrected chi connectivity index (χ0v) is 14.3. The Morgan fingerprint density at radius 1 is 1.29 bits per heavy atom. The van der Waals surface area contributed by atoms with Crippen molar-refractivity contribution in [1.29, 1.82) is 5.26 Å². The van der Waals surface area contributed by atoms with Gasteiger partial charge in [0.05, 0.1) is 21.7 Å². The Kier molecular flexibility index (Phi) is 5.21. The van der Waals surface area contributed by atoms with Gasteiger partial charge in [-0.25, -0.2) is 4.39 Å². The van der Waals surface area contributed by atoms with Crippen LogP contribution >= 0.6 is 31.9 Å². The first-order valence-electron chi connectivity index (χ1n) is 6.01. The molecule has 0 spiro atoms. The van der Waals surface area contributed by atoms with E-state index >= 15 is 0 Å². The number of nitriles is 1. The SMILES string of the molecule is COc1c(Br)cc(CNc2cccc(F)c2C#N)cc1Br. The Morgan fingerprint density at radius 2 is 1.95 bits per heavy atom. The summed E-state index contributed by atoms with van der Waals surface area (Å²) in [5.74, 6) is 0.182. The molecule has 6 heteroatoms. The Labute approximate surface area is 139 Å². The third-order valence-electron chi connectivity index (χ3n) is 2.87. The van der Waals surface area contributed by atoms with E-state index < -0.39 is 5.82 Å². The first-order valence-corrected chi connectivity index (χ1v) is 7.59. The van der Waals surface area contributed by atoms with Gasteiger partial charge in [0.25, 0.3) is 0 Å². The van der Waals surface area contributed by atoms with Crippen molar-refractivity contribution >= 4 is 37.5 Å². The van der Waals surface area contributed by atoms with Gasteiger partial charge in [-0.05, 0) is 61.7 Å². The fourth-order valence-electron chi connectivity index (χ4n) is 1.89. The first kappa shape index (κ1) is 15.8. The molecule has 2 rings (SSSR count). The van der Waals surface area contributed by atoms with Crippen molar-refractivity contribution < 1.29 is 9.13 Å². The molecule has 0 fully saturated rings. The molecule has 1 N–H and O–H groups in total. The number of rotatable bonds is 4. The van der Waals surface area contributed by atoms with E-state index in [1.54, 1.807) is 19.2 Å². The summed E-state index contributed by atoms with van der Waals surface area (Å²) in [7, 11) is 1.59. The second-order valence-electron chi connectivity index (χ2n) is 4.22. The number of methoxy groups -OCH3 is 1. The van der Waals surface area contributed by atoms with E-state index in [1.807, 2.05) is 18.2 Å². The summed E-state index contributed by atoms with van der Waals surface area (Å²) < 4.78 is 20.4. The van der Waals surface area contributed by atoms with Crippen molar-refractivity contribution in [3.8, 4) is 11.8 Å². The highest BCUT2D eigenvalue weighted by Gasteiger charge is 2.10. The van der Waals surface area contributed by atoms with Crippen LogP contribution in [0.15, 0.2) is 39.3 Å². The third kappa shape index (κ3) is 3.55. The number of halogens is 3. The van der Waals surface area contributed by atoms with Crippen molar-refractivity contribution in [3.63, 3.8) is 0 Å². The molecule has 2 aromatic carbocycles. The van der Waals surface area contributed by atoms with Crippen molar-refractivity contribution in [2.45, 2.75) is 6.54 Å². The van der Waals surface area contributed by atoms with E-state index in [0.29, 0.717) is 18.0 Å². The lowest BCUT2D eigenvalue weighted by Gasteiger charge is -2.12. The molecule has 0 unspecified atom stereocenters. The number of ether oxygens (including phenoxy) is 1. The van der Waals surface area contributed by atoms with E-state index in [-0.39, 0.29) is 5.56 Å². The second kappa shape index (κ2) is 6.92. The molecule has 0 aliphatic rings. The van der Waals surface area contributed by atoms with Crippen LogP contribution in [0, 0.1) is 17.1 Å². The van der Waals surface area contributed by atoms with Crippen molar-refractivity contribution in [3.05, 3.63) is 56.2 Å². The molecule has 3 nitrogen and oxygen atoms in total. The standard InChI is InChI=1S/C15H11Br2FN2O/c1-21-15-11(16)5-9(6-12(15)17)8-20-14-4-2-3-13(18)10(14)7-19/h2-6,20H,8H2,1H3.